The normalized spacial score (nSPS) is 12.6. The van der Waals surface area contributed by atoms with Crippen molar-refractivity contribution in [1.29, 1.82) is 0 Å². The fourth-order valence-electron chi connectivity index (χ4n) is 1.80. The summed E-state index contributed by atoms with van der Waals surface area (Å²) in [5.41, 5.74) is 2.32. The first-order chi connectivity index (χ1) is 8.27. The summed E-state index contributed by atoms with van der Waals surface area (Å²) in [5, 5.41) is 7.61. The second kappa shape index (κ2) is 5.59. The van der Waals surface area contributed by atoms with Crippen molar-refractivity contribution in [2.45, 2.75) is 19.4 Å². The predicted molar refractivity (Wildman–Crippen MR) is 67.6 cm³/mol. The molecule has 0 saturated heterocycles. The van der Waals surface area contributed by atoms with Crippen LogP contribution in [-0.4, -0.2) is 21.3 Å². The molecule has 0 bridgehead atoms. The number of aromatic nitrogens is 3. The Morgan fingerprint density at radius 3 is 2.82 bits per heavy atom. The minimum absolute atomic E-state index is 0.282. The maximum atomic E-state index is 4.33. The fraction of sp³-hybridized carbons (Fsp3) is 0.385. The summed E-state index contributed by atoms with van der Waals surface area (Å²) in [6, 6.07) is 8.33. The first-order valence-corrected chi connectivity index (χ1v) is 5.88. The summed E-state index contributed by atoms with van der Waals surface area (Å²) in [5.74, 6) is 0. The van der Waals surface area contributed by atoms with Gasteiger partial charge >= 0.3 is 0 Å². The summed E-state index contributed by atoms with van der Waals surface area (Å²) in [6.45, 7) is 3.06. The van der Waals surface area contributed by atoms with Gasteiger partial charge in [0.2, 0.25) is 0 Å². The molecule has 0 amide bonds. The molecule has 0 unspecified atom stereocenters. The third kappa shape index (κ3) is 3.14. The van der Waals surface area contributed by atoms with Crippen LogP contribution in [0.1, 0.15) is 24.4 Å². The Bertz CT molecular complexity index is 449. The molecule has 0 aliphatic heterocycles. The maximum absolute atomic E-state index is 4.33. The third-order valence-electron chi connectivity index (χ3n) is 2.89. The number of aryl methyl sites for hydroxylation is 1. The second-order valence-electron chi connectivity index (χ2n) is 4.13. The van der Waals surface area contributed by atoms with Crippen molar-refractivity contribution in [3.05, 3.63) is 48.0 Å². The molecule has 0 radical (unpaired) electrons. The molecule has 4 heteroatoms. The Labute approximate surface area is 102 Å². The smallest absolute Gasteiger partial charge is 0.0570 e. The van der Waals surface area contributed by atoms with E-state index in [4.69, 9.17) is 0 Å². The molecule has 0 aromatic carbocycles. The molecule has 1 atom stereocenters. The molecule has 17 heavy (non-hydrogen) atoms. The van der Waals surface area contributed by atoms with Gasteiger partial charge in [0, 0.05) is 44.1 Å². The Kier molecular flexibility index (Phi) is 3.88. The van der Waals surface area contributed by atoms with E-state index in [2.05, 4.69) is 22.3 Å². The summed E-state index contributed by atoms with van der Waals surface area (Å²) < 4.78 is 1.91. The van der Waals surface area contributed by atoms with Gasteiger partial charge < -0.3 is 5.32 Å². The second-order valence-corrected chi connectivity index (χ2v) is 4.13. The van der Waals surface area contributed by atoms with Crippen LogP contribution in [0.25, 0.3) is 0 Å². The van der Waals surface area contributed by atoms with Crippen molar-refractivity contribution in [3.8, 4) is 0 Å². The lowest BCUT2D eigenvalue weighted by Gasteiger charge is -2.12. The van der Waals surface area contributed by atoms with E-state index in [9.17, 15) is 0 Å². The van der Waals surface area contributed by atoms with Gasteiger partial charge in [-0.2, -0.15) is 5.10 Å². The number of nitrogens with zero attached hydrogens (tertiary/aromatic N) is 3. The van der Waals surface area contributed by atoms with Crippen LogP contribution < -0.4 is 5.32 Å². The van der Waals surface area contributed by atoms with E-state index in [-0.39, 0.29) is 6.04 Å². The van der Waals surface area contributed by atoms with Crippen LogP contribution >= 0.6 is 0 Å². The van der Waals surface area contributed by atoms with Crippen LogP contribution in [0.3, 0.4) is 0 Å². The molecule has 0 aliphatic rings. The van der Waals surface area contributed by atoms with Gasteiger partial charge in [-0.3, -0.25) is 9.67 Å². The lowest BCUT2D eigenvalue weighted by Crippen LogP contribution is -2.22. The number of hydrogen-bond acceptors (Lipinski definition) is 3. The molecule has 0 aliphatic carbocycles. The third-order valence-corrected chi connectivity index (χ3v) is 2.89. The lowest BCUT2D eigenvalue weighted by atomic mass is 10.2. The lowest BCUT2D eigenvalue weighted by molar-refractivity contribution is 0.553. The van der Waals surface area contributed by atoms with Crippen molar-refractivity contribution >= 4 is 0 Å². The van der Waals surface area contributed by atoms with Crippen molar-refractivity contribution in [2.75, 3.05) is 6.54 Å². The van der Waals surface area contributed by atoms with Crippen molar-refractivity contribution < 1.29 is 0 Å². The van der Waals surface area contributed by atoms with Gasteiger partial charge in [0.25, 0.3) is 0 Å². The van der Waals surface area contributed by atoms with Crippen molar-refractivity contribution in [1.82, 2.24) is 20.1 Å². The van der Waals surface area contributed by atoms with E-state index in [0.29, 0.717) is 0 Å². The summed E-state index contributed by atoms with van der Waals surface area (Å²) in [4.78, 5) is 4.33. The quantitative estimate of drug-likeness (QED) is 0.850. The van der Waals surface area contributed by atoms with Crippen LogP contribution in [0.2, 0.25) is 0 Å². The van der Waals surface area contributed by atoms with Crippen molar-refractivity contribution in [2.24, 2.45) is 7.05 Å². The minimum Gasteiger partial charge on any atom is -0.308 e. The van der Waals surface area contributed by atoms with E-state index >= 15 is 0 Å². The summed E-state index contributed by atoms with van der Waals surface area (Å²) >= 11 is 0. The molecule has 2 heterocycles. The molecule has 4 nitrogen and oxygen atoms in total. The first kappa shape index (κ1) is 11.8. The molecule has 0 spiro atoms. The Hall–Kier alpha value is -1.68. The molecule has 90 valence electrons. The Morgan fingerprint density at radius 2 is 2.18 bits per heavy atom. The zero-order chi connectivity index (χ0) is 12.1. The molecule has 2 aromatic heterocycles. The van der Waals surface area contributed by atoms with Crippen LogP contribution in [0.15, 0.2) is 36.7 Å². The highest BCUT2D eigenvalue weighted by atomic mass is 15.3. The van der Waals surface area contributed by atoms with E-state index < -0.39 is 0 Å². The van der Waals surface area contributed by atoms with E-state index in [1.54, 1.807) is 0 Å². The van der Waals surface area contributed by atoms with Gasteiger partial charge in [-0.1, -0.05) is 6.07 Å². The van der Waals surface area contributed by atoms with Crippen molar-refractivity contribution in [3.63, 3.8) is 0 Å². The number of nitrogens with one attached hydrogen (secondary N) is 1. The zero-order valence-electron chi connectivity index (χ0n) is 10.3. The molecule has 0 fully saturated rings. The standard InChI is InChI=1S/C13H18N4/c1-11(13-5-3-4-8-15-13)14-9-6-12-7-10-16-17(12)2/h3-5,7-8,10-11,14H,6,9H2,1-2H3/t11-/m0/s1. The Morgan fingerprint density at radius 1 is 1.29 bits per heavy atom. The molecular formula is C13H18N4. The zero-order valence-corrected chi connectivity index (χ0v) is 10.3. The maximum Gasteiger partial charge on any atom is 0.0570 e. The van der Waals surface area contributed by atoms with Gasteiger partial charge in [0.1, 0.15) is 0 Å². The fourth-order valence-corrected chi connectivity index (χ4v) is 1.80. The first-order valence-electron chi connectivity index (χ1n) is 5.88. The highest BCUT2D eigenvalue weighted by Crippen LogP contribution is 2.07. The highest BCUT2D eigenvalue weighted by molar-refractivity contribution is 5.08. The molecular weight excluding hydrogens is 212 g/mol. The minimum atomic E-state index is 0.282. The predicted octanol–water partition coefficient (Wildman–Crippen LogP) is 1.71. The number of hydrogen-bond donors (Lipinski definition) is 1. The van der Waals surface area contributed by atoms with Gasteiger partial charge in [0.05, 0.1) is 5.69 Å². The van der Waals surface area contributed by atoms with E-state index in [1.165, 1.54) is 5.69 Å². The van der Waals surface area contributed by atoms with Crippen LogP contribution in [-0.2, 0) is 13.5 Å². The van der Waals surface area contributed by atoms with Crippen LogP contribution in [0.5, 0.6) is 0 Å². The highest BCUT2D eigenvalue weighted by Gasteiger charge is 2.05. The summed E-state index contributed by atoms with van der Waals surface area (Å²) in [7, 11) is 1.97. The monoisotopic (exact) mass is 230 g/mol. The molecule has 0 saturated carbocycles. The van der Waals surface area contributed by atoms with Crippen LogP contribution in [0, 0.1) is 0 Å². The average molecular weight is 230 g/mol. The van der Waals surface area contributed by atoms with Gasteiger partial charge in [-0.05, 0) is 25.1 Å². The van der Waals surface area contributed by atoms with E-state index in [0.717, 1.165) is 18.7 Å². The number of rotatable bonds is 5. The van der Waals surface area contributed by atoms with E-state index in [1.807, 2.05) is 48.4 Å². The van der Waals surface area contributed by atoms with Gasteiger partial charge in [0.15, 0.2) is 0 Å². The average Bonchev–Trinajstić information content (AvgIpc) is 2.76. The Balaban J connectivity index is 1.81. The molecule has 2 aromatic rings. The summed E-state index contributed by atoms with van der Waals surface area (Å²) in [6.07, 6.45) is 4.64. The van der Waals surface area contributed by atoms with Gasteiger partial charge in [-0.25, -0.2) is 0 Å². The molecule has 2 rings (SSSR count). The largest absolute Gasteiger partial charge is 0.308 e. The number of pyridine rings is 1. The SMILES string of the molecule is C[C@H](NCCc1ccnn1C)c1ccccn1. The van der Waals surface area contributed by atoms with Crippen LogP contribution in [0.4, 0.5) is 0 Å². The molecule has 1 N–H and O–H groups in total. The van der Waals surface area contributed by atoms with Gasteiger partial charge in [-0.15, -0.1) is 0 Å². The topological polar surface area (TPSA) is 42.7 Å².